The summed E-state index contributed by atoms with van der Waals surface area (Å²) in [5.74, 6) is 2.76. The van der Waals surface area contributed by atoms with E-state index in [0.717, 1.165) is 36.6 Å². The van der Waals surface area contributed by atoms with E-state index in [0.29, 0.717) is 0 Å². The molecular weight excluding hydrogens is 210 g/mol. The van der Waals surface area contributed by atoms with Gasteiger partial charge in [-0.2, -0.15) is 0 Å². The number of hydrogen-bond donors (Lipinski definition) is 1. The number of hydrogen-bond acceptors (Lipinski definition) is 2. The molecule has 2 heteroatoms. The van der Waals surface area contributed by atoms with Crippen LogP contribution in [0.1, 0.15) is 45.3 Å². The molecule has 1 aromatic heterocycles. The second-order valence-electron chi connectivity index (χ2n) is 5.58. The fourth-order valence-corrected chi connectivity index (χ4v) is 3.05. The van der Waals surface area contributed by atoms with Crippen LogP contribution in [-0.2, 0) is 6.42 Å². The third kappa shape index (κ3) is 3.60. The van der Waals surface area contributed by atoms with Crippen LogP contribution in [0.25, 0.3) is 0 Å². The fraction of sp³-hybridized carbons (Fsp3) is 0.733. The first kappa shape index (κ1) is 12.7. The summed E-state index contributed by atoms with van der Waals surface area (Å²) in [5.41, 5.74) is 0. The number of rotatable bonds is 5. The molecule has 0 radical (unpaired) electrons. The van der Waals surface area contributed by atoms with Gasteiger partial charge in [-0.1, -0.05) is 26.7 Å². The molecule has 1 aromatic rings. The predicted molar refractivity (Wildman–Crippen MR) is 71.0 cm³/mol. The third-order valence-corrected chi connectivity index (χ3v) is 4.03. The summed E-state index contributed by atoms with van der Waals surface area (Å²) in [6.07, 6.45) is 8.32. The molecule has 2 nitrogen and oxygen atoms in total. The molecule has 1 N–H and O–H groups in total. The molecule has 0 aromatic carbocycles. The highest BCUT2D eigenvalue weighted by atomic mass is 16.3. The zero-order chi connectivity index (χ0) is 12.1. The van der Waals surface area contributed by atoms with Gasteiger partial charge in [-0.25, -0.2) is 0 Å². The van der Waals surface area contributed by atoms with Gasteiger partial charge in [0.2, 0.25) is 0 Å². The van der Waals surface area contributed by atoms with Crippen molar-refractivity contribution in [2.24, 2.45) is 11.8 Å². The lowest BCUT2D eigenvalue weighted by molar-refractivity contribution is 0.206. The molecule has 0 amide bonds. The predicted octanol–water partition coefficient (Wildman–Crippen LogP) is 3.63. The summed E-state index contributed by atoms with van der Waals surface area (Å²) < 4.78 is 5.36. The molecule has 0 spiro atoms. The van der Waals surface area contributed by atoms with E-state index in [-0.39, 0.29) is 0 Å². The summed E-state index contributed by atoms with van der Waals surface area (Å²) in [6, 6.07) is 4.74. The molecule has 1 saturated carbocycles. The van der Waals surface area contributed by atoms with Crippen LogP contribution >= 0.6 is 0 Å². The lowest BCUT2D eigenvalue weighted by atomic mass is 9.78. The van der Waals surface area contributed by atoms with Crippen molar-refractivity contribution in [1.82, 2.24) is 5.32 Å². The molecule has 0 saturated heterocycles. The van der Waals surface area contributed by atoms with Gasteiger partial charge in [0.1, 0.15) is 5.76 Å². The highest BCUT2D eigenvalue weighted by Crippen LogP contribution is 2.30. The lowest BCUT2D eigenvalue weighted by Gasteiger charge is -2.35. The maximum absolute atomic E-state index is 5.36. The molecular formula is C15H25NO. The second-order valence-corrected chi connectivity index (χ2v) is 5.58. The van der Waals surface area contributed by atoms with Crippen molar-refractivity contribution in [3.8, 4) is 0 Å². The first-order valence-corrected chi connectivity index (χ1v) is 7.03. The lowest BCUT2D eigenvalue weighted by Crippen LogP contribution is -2.41. The van der Waals surface area contributed by atoms with Gasteiger partial charge in [-0.05, 0) is 36.8 Å². The Balaban J connectivity index is 1.76. The Hall–Kier alpha value is -0.760. The van der Waals surface area contributed by atoms with Crippen LogP contribution in [0, 0.1) is 11.8 Å². The van der Waals surface area contributed by atoms with E-state index in [2.05, 4.69) is 25.2 Å². The summed E-state index contributed by atoms with van der Waals surface area (Å²) >= 11 is 0. The average molecular weight is 235 g/mol. The highest BCUT2D eigenvalue weighted by Gasteiger charge is 2.26. The first-order chi connectivity index (χ1) is 8.27. The maximum Gasteiger partial charge on any atom is 0.105 e. The Morgan fingerprint density at radius 3 is 2.88 bits per heavy atom. The molecule has 0 aliphatic heterocycles. The Morgan fingerprint density at radius 1 is 1.35 bits per heavy atom. The molecule has 1 heterocycles. The fourth-order valence-electron chi connectivity index (χ4n) is 3.05. The minimum atomic E-state index is 0.721. The van der Waals surface area contributed by atoms with Crippen molar-refractivity contribution in [3.05, 3.63) is 24.2 Å². The van der Waals surface area contributed by atoms with Crippen molar-refractivity contribution in [2.75, 3.05) is 6.54 Å². The molecule has 1 fully saturated rings. The van der Waals surface area contributed by atoms with E-state index < -0.39 is 0 Å². The molecule has 1 aliphatic rings. The number of nitrogens with one attached hydrogen (secondary N) is 1. The van der Waals surface area contributed by atoms with E-state index in [1.165, 1.54) is 25.7 Å². The Kier molecular flexibility index (Phi) is 4.66. The van der Waals surface area contributed by atoms with Gasteiger partial charge in [0.25, 0.3) is 0 Å². The smallest absolute Gasteiger partial charge is 0.105 e. The Bertz CT molecular complexity index is 305. The van der Waals surface area contributed by atoms with Crippen LogP contribution in [0.3, 0.4) is 0 Å². The van der Waals surface area contributed by atoms with Crippen molar-refractivity contribution in [2.45, 2.75) is 52.0 Å². The molecule has 2 rings (SSSR count). The van der Waals surface area contributed by atoms with Crippen molar-refractivity contribution in [1.29, 1.82) is 0 Å². The van der Waals surface area contributed by atoms with Gasteiger partial charge in [-0.15, -0.1) is 0 Å². The third-order valence-electron chi connectivity index (χ3n) is 4.03. The quantitative estimate of drug-likeness (QED) is 0.843. The summed E-state index contributed by atoms with van der Waals surface area (Å²) in [4.78, 5) is 0. The van der Waals surface area contributed by atoms with Crippen molar-refractivity contribution in [3.63, 3.8) is 0 Å². The minimum absolute atomic E-state index is 0.721. The molecule has 2 unspecified atom stereocenters. The topological polar surface area (TPSA) is 25.2 Å². The maximum atomic E-state index is 5.36. The first-order valence-electron chi connectivity index (χ1n) is 7.03. The van der Waals surface area contributed by atoms with Crippen LogP contribution in [0.5, 0.6) is 0 Å². The van der Waals surface area contributed by atoms with Crippen LogP contribution in [0.4, 0.5) is 0 Å². The molecule has 17 heavy (non-hydrogen) atoms. The average Bonchev–Trinajstić information content (AvgIpc) is 2.82. The van der Waals surface area contributed by atoms with Crippen LogP contribution < -0.4 is 5.32 Å². The SMILES string of the molecule is CC(C)C1CCCCC1NCCc1ccco1. The summed E-state index contributed by atoms with van der Waals surface area (Å²) in [5, 5.41) is 3.73. The monoisotopic (exact) mass is 235 g/mol. The summed E-state index contributed by atoms with van der Waals surface area (Å²) in [7, 11) is 0. The van der Waals surface area contributed by atoms with E-state index >= 15 is 0 Å². The van der Waals surface area contributed by atoms with Crippen molar-refractivity contribution < 1.29 is 4.42 Å². The van der Waals surface area contributed by atoms with Gasteiger partial charge in [0.05, 0.1) is 6.26 Å². The van der Waals surface area contributed by atoms with Gasteiger partial charge in [0, 0.05) is 19.0 Å². The molecule has 96 valence electrons. The van der Waals surface area contributed by atoms with E-state index in [4.69, 9.17) is 4.42 Å². The summed E-state index contributed by atoms with van der Waals surface area (Å²) in [6.45, 7) is 5.76. The van der Waals surface area contributed by atoms with E-state index in [9.17, 15) is 0 Å². The van der Waals surface area contributed by atoms with Gasteiger partial charge in [0.15, 0.2) is 0 Å². The number of furan rings is 1. The zero-order valence-corrected chi connectivity index (χ0v) is 11.1. The molecule has 0 bridgehead atoms. The second kappa shape index (κ2) is 6.25. The Labute approximate surface area is 105 Å². The zero-order valence-electron chi connectivity index (χ0n) is 11.1. The van der Waals surface area contributed by atoms with Crippen LogP contribution in [0.2, 0.25) is 0 Å². The van der Waals surface area contributed by atoms with E-state index in [1.807, 2.05) is 6.07 Å². The van der Waals surface area contributed by atoms with Crippen LogP contribution in [0.15, 0.2) is 22.8 Å². The van der Waals surface area contributed by atoms with Gasteiger partial charge >= 0.3 is 0 Å². The normalized spacial score (nSPS) is 25.4. The Morgan fingerprint density at radius 2 is 2.18 bits per heavy atom. The van der Waals surface area contributed by atoms with E-state index in [1.54, 1.807) is 6.26 Å². The van der Waals surface area contributed by atoms with Crippen LogP contribution in [-0.4, -0.2) is 12.6 Å². The van der Waals surface area contributed by atoms with Gasteiger partial charge in [-0.3, -0.25) is 0 Å². The van der Waals surface area contributed by atoms with Crippen molar-refractivity contribution >= 4 is 0 Å². The molecule has 1 aliphatic carbocycles. The highest BCUT2D eigenvalue weighted by molar-refractivity contribution is 4.98. The standard InChI is InChI=1S/C15H25NO/c1-12(2)14-7-3-4-8-15(14)16-10-9-13-6-5-11-17-13/h5-6,11-12,14-16H,3-4,7-10H2,1-2H3. The van der Waals surface area contributed by atoms with Gasteiger partial charge < -0.3 is 9.73 Å². The minimum Gasteiger partial charge on any atom is -0.469 e. The molecule has 2 atom stereocenters. The largest absolute Gasteiger partial charge is 0.469 e.